The summed E-state index contributed by atoms with van der Waals surface area (Å²) in [6.45, 7) is 3.34. The molecule has 0 radical (unpaired) electrons. The Morgan fingerprint density at radius 2 is 1.86 bits per heavy atom. The van der Waals surface area contributed by atoms with Crippen molar-refractivity contribution in [3.63, 3.8) is 0 Å². The lowest BCUT2D eigenvalue weighted by atomic mass is 10.1. The summed E-state index contributed by atoms with van der Waals surface area (Å²) in [5.74, 6) is -0.968. The number of carbonyl (C=O) groups excluding carboxylic acids is 1. The van der Waals surface area contributed by atoms with Gasteiger partial charge in [-0.2, -0.15) is 0 Å². The number of nitro groups is 1. The molecule has 0 bridgehead atoms. The summed E-state index contributed by atoms with van der Waals surface area (Å²) in [6.07, 6.45) is 1.09. The summed E-state index contributed by atoms with van der Waals surface area (Å²) in [5, 5.41) is 13.8. The molecule has 156 valence electrons. The molecule has 1 N–H and O–H groups in total. The summed E-state index contributed by atoms with van der Waals surface area (Å²) >= 11 is 0. The smallest absolute Gasteiger partial charge is 0.271 e. The summed E-state index contributed by atoms with van der Waals surface area (Å²) in [7, 11) is -3.93. The van der Waals surface area contributed by atoms with Crippen LogP contribution in [0.25, 0.3) is 0 Å². The monoisotopic (exact) mass is 423 g/mol. The number of rotatable bonds is 8. The van der Waals surface area contributed by atoms with Gasteiger partial charge < -0.3 is 5.32 Å². The standard InChI is InChI=1S/C19H22FN3O5S/c1-4-17(19(24)21-12-14-6-8-15(20)9-7-14)22(29(3,27)28)18-11-16(23(25)26)10-5-13(18)2/h5-11,17H,4,12H2,1-3H3,(H,21,24)/t17-/m0/s1. The van der Waals surface area contributed by atoms with Crippen molar-refractivity contribution in [2.45, 2.75) is 32.9 Å². The molecule has 0 spiro atoms. The van der Waals surface area contributed by atoms with Crippen LogP contribution in [-0.2, 0) is 21.4 Å². The first-order valence-corrected chi connectivity index (χ1v) is 10.7. The third kappa shape index (κ3) is 5.50. The highest BCUT2D eigenvalue weighted by atomic mass is 32.2. The number of hydrogen-bond donors (Lipinski definition) is 1. The SMILES string of the molecule is CC[C@@H](C(=O)NCc1ccc(F)cc1)N(c1cc([N+](=O)[O-])ccc1C)S(C)(=O)=O. The van der Waals surface area contributed by atoms with Gasteiger partial charge in [0.25, 0.3) is 5.69 Å². The predicted molar refractivity (Wildman–Crippen MR) is 107 cm³/mol. The first kappa shape index (κ1) is 22.3. The zero-order chi connectivity index (χ0) is 21.8. The Hall–Kier alpha value is -3.01. The van der Waals surface area contributed by atoms with Gasteiger partial charge in [-0.15, -0.1) is 0 Å². The van der Waals surface area contributed by atoms with Gasteiger partial charge in [0.15, 0.2) is 0 Å². The van der Waals surface area contributed by atoms with Gasteiger partial charge in [-0.05, 0) is 36.6 Å². The predicted octanol–water partition coefficient (Wildman–Crippen LogP) is 2.90. The van der Waals surface area contributed by atoms with Crippen LogP contribution in [0.15, 0.2) is 42.5 Å². The molecule has 1 atom stereocenters. The second kappa shape index (κ2) is 8.99. The van der Waals surface area contributed by atoms with Crippen LogP contribution in [0.3, 0.4) is 0 Å². The van der Waals surface area contributed by atoms with Gasteiger partial charge in [0.05, 0.1) is 16.9 Å². The number of non-ortho nitro benzene ring substituents is 1. The van der Waals surface area contributed by atoms with Crippen LogP contribution < -0.4 is 9.62 Å². The lowest BCUT2D eigenvalue weighted by Gasteiger charge is -2.31. The molecule has 2 aromatic carbocycles. The highest BCUT2D eigenvalue weighted by Crippen LogP contribution is 2.30. The maximum Gasteiger partial charge on any atom is 0.271 e. The number of halogens is 1. The Morgan fingerprint density at radius 1 is 1.24 bits per heavy atom. The zero-order valence-electron chi connectivity index (χ0n) is 16.3. The first-order valence-electron chi connectivity index (χ1n) is 8.81. The number of hydrogen-bond acceptors (Lipinski definition) is 5. The Labute approximate surface area is 168 Å². The van der Waals surface area contributed by atoms with Crippen LogP contribution in [0.1, 0.15) is 24.5 Å². The number of nitrogens with one attached hydrogen (secondary N) is 1. The van der Waals surface area contributed by atoms with Gasteiger partial charge in [0.2, 0.25) is 15.9 Å². The van der Waals surface area contributed by atoms with E-state index in [2.05, 4.69) is 5.32 Å². The molecular weight excluding hydrogens is 401 g/mol. The van der Waals surface area contributed by atoms with Crippen LogP contribution >= 0.6 is 0 Å². The second-order valence-electron chi connectivity index (χ2n) is 6.56. The third-order valence-electron chi connectivity index (χ3n) is 4.35. The van der Waals surface area contributed by atoms with Gasteiger partial charge in [-0.1, -0.05) is 25.1 Å². The van der Waals surface area contributed by atoms with E-state index >= 15 is 0 Å². The average Bonchev–Trinajstić information content (AvgIpc) is 2.65. The molecule has 0 saturated heterocycles. The maximum atomic E-state index is 13.0. The Morgan fingerprint density at radius 3 is 2.38 bits per heavy atom. The normalized spacial score (nSPS) is 12.3. The minimum absolute atomic E-state index is 0.0745. The molecule has 2 aromatic rings. The van der Waals surface area contributed by atoms with Crippen molar-refractivity contribution >= 4 is 27.3 Å². The molecule has 29 heavy (non-hydrogen) atoms. The largest absolute Gasteiger partial charge is 0.350 e. The molecule has 0 unspecified atom stereocenters. The van der Waals surface area contributed by atoms with E-state index in [4.69, 9.17) is 0 Å². The van der Waals surface area contributed by atoms with Crippen LogP contribution in [0.5, 0.6) is 0 Å². The fraction of sp³-hybridized carbons (Fsp3) is 0.316. The summed E-state index contributed by atoms with van der Waals surface area (Å²) in [6, 6.07) is 8.29. The number of sulfonamides is 1. The minimum Gasteiger partial charge on any atom is -0.350 e. The molecule has 0 aliphatic carbocycles. The molecular formula is C19H22FN3O5S. The molecule has 0 heterocycles. The topological polar surface area (TPSA) is 110 Å². The van der Waals surface area contributed by atoms with Crippen LogP contribution in [-0.4, -0.2) is 31.5 Å². The summed E-state index contributed by atoms with van der Waals surface area (Å²) < 4.78 is 39.0. The quantitative estimate of drug-likeness (QED) is 0.519. The van der Waals surface area contributed by atoms with Gasteiger partial charge in [-0.25, -0.2) is 12.8 Å². The van der Waals surface area contributed by atoms with Gasteiger partial charge in [0, 0.05) is 18.7 Å². The van der Waals surface area contributed by atoms with Gasteiger partial charge >= 0.3 is 0 Å². The van der Waals surface area contributed by atoms with Gasteiger partial charge in [0.1, 0.15) is 11.9 Å². The Kier molecular flexibility index (Phi) is 6.91. The fourth-order valence-electron chi connectivity index (χ4n) is 2.89. The molecule has 10 heteroatoms. The number of nitrogens with zero attached hydrogens (tertiary/aromatic N) is 2. The van der Waals surface area contributed by atoms with E-state index in [9.17, 15) is 27.7 Å². The zero-order valence-corrected chi connectivity index (χ0v) is 17.1. The number of nitro benzene ring substituents is 1. The fourth-order valence-corrected chi connectivity index (χ4v) is 4.15. The molecule has 0 aliphatic heterocycles. The molecule has 2 rings (SSSR count). The second-order valence-corrected chi connectivity index (χ2v) is 8.41. The van der Waals surface area contributed by atoms with Crippen LogP contribution in [0.2, 0.25) is 0 Å². The van der Waals surface area contributed by atoms with Crippen LogP contribution in [0.4, 0.5) is 15.8 Å². The van der Waals surface area contributed by atoms with Gasteiger partial charge in [-0.3, -0.25) is 19.2 Å². The van der Waals surface area contributed by atoms with Crippen LogP contribution in [0, 0.1) is 22.9 Å². The lowest BCUT2D eigenvalue weighted by Crippen LogP contribution is -2.49. The van der Waals surface area contributed by atoms with E-state index in [1.54, 1.807) is 13.8 Å². The minimum atomic E-state index is -3.93. The van der Waals surface area contributed by atoms with E-state index in [1.807, 2.05) is 0 Å². The van der Waals surface area contributed by atoms with Crippen molar-refractivity contribution in [2.75, 3.05) is 10.6 Å². The number of anilines is 1. The molecule has 1 amide bonds. The van der Waals surface area contributed by atoms with Crippen molar-refractivity contribution < 1.29 is 22.5 Å². The first-order chi connectivity index (χ1) is 13.5. The van der Waals surface area contributed by atoms with E-state index < -0.39 is 32.7 Å². The van der Waals surface area contributed by atoms with E-state index in [1.165, 1.54) is 36.4 Å². The maximum absolute atomic E-state index is 13.0. The molecule has 8 nitrogen and oxygen atoms in total. The molecule has 0 fully saturated rings. The number of amides is 1. The van der Waals surface area contributed by atoms with E-state index in [0.717, 1.165) is 16.6 Å². The van der Waals surface area contributed by atoms with Crippen molar-refractivity contribution in [3.05, 3.63) is 69.5 Å². The Bertz CT molecular complexity index is 1010. The van der Waals surface area contributed by atoms with Crippen molar-refractivity contribution in [1.29, 1.82) is 0 Å². The van der Waals surface area contributed by atoms with Crippen molar-refractivity contribution in [1.82, 2.24) is 5.32 Å². The number of aryl methyl sites for hydroxylation is 1. The van der Waals surface area contributed by atoms with Crippen molar-refractivity contribution in [3.8, 4) is 0 Å². The lowest BCUT2D eigenvalue weighted by molar-refractivity contribution is -0.384. The Balaban J connectivity index is 2.37. The average molecular weight is 423 g/mol. The number of carbonyl (C=O) groups is 1. The molecule has 0 saturated carbocycles. The highest BCUT2D eigenvalue weighted by Gasteiger charge is 2.33. The summed E-state index contributed by atoms with van der Waals surface area (Å²) in [4.78, 5) is 23.3. The van der Waals surface area contributed by atoms with E-state index in [0.29, 0.717) is 11.1 Å². The van der Waals surface area contributed by atoms with Crippen molar-refractivity contribution in [2.24, 2.45) is 0 Å². The molecule has 0 aromatic heterocycles. The summed E-state index contributed by atoms with van der Waals surface area (Å²) in [5.41, 5.74) is 0.921. The van der Waals surface area contributed by atoms with E-state index in [-0.39, 0.29) is 24.3 Å². The third-order valence-corrected chi connectivity index (χ3v) is 5.52. The molecule has 0 aliphatic rings. The highest BCUT2D eigenvalue weighted by molar-refractivity contribution is 7.92. The number of benzene rings is 2.